The van der Waals surface area contributed by atoms with Crippen LogP contribution in [0.5, 0.6) is 0 Å². The molecule has 0 atom stereocenters. The van der Waals surface area contributed by atoms with Crippen molar-refractivity contribution in [1.29, 1.82) is 0 Å². The third-order valence-electron chi connectivity index (χ3n) is 2.13. The Morgan fingerprint density at radius 3 is 1.39 bits per heavy atom. The minimum atomic E-state index is -1.65. The van der Waals surface area contributed by atoms with Crippen molar-refractivity contribution in [3.63, 3.8) is 0 Å². The van der Waals surface area contributed by atoms with Crippen molar-refractivity contribution in [1.82, 2.24) is 0 Å². The highest BCUT2D eigenvalue weighted by molar-refractivity contribution is 6.71. The van der Waals surface area contributed by atoms with Gasteiger partial charge in [0.2, 0.25) is 25.0 Å². The summed E-state index contributed by atoms with van der Waals surface area (Å²) in [5.41, 5.74) is 0. The minimum absolute atomic E-state index is 0.0370. The molecule has 0 aromatic heterocycles. The third kappa shape index (κ3) is 32.8. The molecule has 0 aliphatic rings. The Bertz CT molecular complexity index is 418. The lowest BCUT2D eigenvalue weighted by molar-refractivity contribution is -0.123. The summed E-state index contributed by atoms with van der Waals surface area (Å²) in [6.45, 7) is 29.2. The van der Waals surface area contributed by atoms with Crippen LogP contribution in [0, 0.1) is 0 Å². The molecule has 0 heterocycles. The van der Waals surface area contributed by atoms with Crippen molar-refractivity contribution in [2.75, 3.05) is 13.2 Å². The van der Waals surface area contributed by atoms with E-state index in [0.717, 1.165) is 13.2 Å². The summed E-state index contributed by atoms with van der Waals surface area (Å²) in [4.78, 5) is 8.57. The summed E-state index contributed by atoms with van der Waals surface area (Å²) >= 11 is 0. The molecule has 28 heavy (non-hydrogen) atoms. The molecule has 0 saturated carbocycles. The molecule has 0 aliphatic carbocycles. The van der Waals surface area contributed by atoms with Gasteiger partial charge in [0.15, 0.2) is 6.29 Å². The van der Waals surface area contributed by atoms with Crippen LogP contribution in [0.25, 0.3) is 0 Å². The molecule has 0 aromatic carbocycles. The summed E-state index contributed by atoms with van der Waals surface area (Å²) in [5.74, 6) is 1.82. The highest BCUT2D eigenvalue weighted by Crippen LogP contribution is 2.18. The second-order valence-corrected chi connectivity index (χ2v) is 22.0. The molecule has 0 bridgehead atoms. The smallest absolute Gasteiger partial charge is 0.286 e. The summed E-state index contributed by atoms with van der Waals surface area (Å²) in [6, 6.07) is 0. The van der Waals surface area contributed by atoms with Crippen LogP contribution in [0.1, 0.15) is 20.8 Å². The lowest BCUT2D eigenvalue weighted by atomic mass is 10.7. The molecule has 0 rings (SSSR count). The highest BCUT2D eigenvalue weighted by atomic mass is 28.4. The van der Waals surface area contributed by atoms with E-state index in [1.807, 2.05) is 20.8 Å². The Hall–Kier alpha value is -0.839. The molecule has 6 nitrogen and oxygen atoms in total. The maximum absolute atomic E-state index is 8.57. The molecular weight excluding hydrogens is 408 g/mol. The van der Waals surface area contributed by atoms with Gasteiger partial charge in [-0.25, -0.2) is 4.79 Å². The minimum Gasteiger partial charge on any atom is -0.545 e. The number of hydrogen-bond acceptors (Lipinski definition) is 6. The number of carbonyl (C=O) groups excluding carboxylic acids is 1. The number of ether oxygens (including phenoxy) is 2. The van der Waals surface area contributed by atoms with E-state index in [2.05, 4.69) is 65.5 Å². The molecule has 0 amide bonds. The van der Waals surface area contributed by atoms with Crippen LogP contribution in [0.15, 0.2) is 18.8 Å². The normalized spacial score (nSPS) is 11.2. The van der Waals surface area contributed by atoms with Crippen molar-refractivity contribution in [3.8, 4) is 0 Å². The van der Waals surface area contributed by atoms with Crippen molar-refractivity contribution in [3.05, 3.63) is 18.8 Å². The van der Waals surface area contributed by atoms with E-state index < -0.39 is 25.0 Å². The van der Waals surface area contributed by atoms with Crippen LogP contribution in [0.4, 0.5) is 0 Å². The zero-order chi connectivity index (χ0) is 23.0. The molecule has 0 unspecified atom stereocenters. The third-order valence-corrected chi connectivity index (χ3v) is 4.58. The van der Waals surface area contributed by atoms with Crippen LogP contribution in [-0.4, -0.2) is 50.4 Å². The summed E-state index contributed by atoms with van der Waals surface area (Å²) < 4.78 is 27.7. The first kappa shape index (κ1) is 31.8. The Morgan fingerprint density at radius 1 is 0.857 bits per heavy atom. The Balaban J connectivity index is -0.000000471. The maximum atomic E-state index is 8.57. The van der Waals surface area contributed by atoms with Gasteiger partial charge in [0.25, 0.3) is 5.95 Å². The van der Waals surface area contributed by atoms with Gasteiger partial charge in [0, 0.05) is 13.2 Å². The van der Waals surface area contributed by atoms with Gasteiger partial charge in [0.05, 0.1) is 0 Å². The van der Waals surface area contributed by atoms with Gasteiger partial charge in [-0.15, -0.1) is 0 Å². The molecule has 0 saturated heterocycles. The average molecular weight is 453 g/mol. The quantitative estimate of drug-likeness (QED) is 0.182. The van der Waals surface area contributed by atoms with E-state index in [1.165, 1.54) is 5.94 Å². The molecule has 0 spiro atoms. The van der Waals surface area contributed by atoms with Gasteiger partial charge >= 0.3 is 0 Å². The van der Waals surface area contributed by atoms with Crippen LogP contribution >= 0.6 is 0 Å². The first-order valence-electron chi connectivity index (χ1n) is 9.64. The molecule has 0 N–H and O–H groups in total. The van der Waals surface area contributed by atoms with Crippen molar-refractivity contribution >= 4 is 30.9 Å². The van der Waals surface area contributed by atoms with Crippen molar-refractivity contribution < 1.29 is 27.5 Å². The molecular formula is C19H44O6Si3. The molecule has 9 heteroatoms. The van der Waals surface area contributed by atoms with E-state index in [1.54, 1.807) is 6.26 Å². The Labute approximate surface area is 176 Å². The van der Waals surface area contributed by atoms with Gasteiger partial charge < -0.3 is 22.8 Å². The largest absolute Gasteiger partial charge is 0.545 e. The molecule has 168 valence electrons. The van der Waals surface area contributed by atoms with E-state index in [-0.39, 0.29) is 6.29 Å². The van der Waals surface area contributed by atoms with E-state index >= 15 is 0 Å². The molecule has 0 aliphatic heterocycles. The summed E-state index contributed by atoms with van der Waals surface area (Å²) in [7, 11) is -4.88. The van der Waals surface area contributed by atoms with Crippen molar-refractivity contribution in [2.45, 2.75) is 86.0 Å². The van der Waals surface area contributed by atoms with Gasteiger partial charge in [-0.3, -0.25) is 0 Å². The predicted octanol–water partition coefficient (Wildman–Crippen LogP) is 5.75. The number of hydrogen-bond donors (Lipinski definition) is 0. The average Bonchev–Trinajstić information content (AvgIpc) is 2.43. The lowest BCUT2D eigenvalue weighted by Gasteiger charge is -2.28. The van der Waals surface area contributed by atoms with Gasteiger partial charge in [-0.2, -0.15) is 0 Å². The van der Waals surface area contributed by atoms with Crippen molar-refractivity contribution in [2.24, 2.45) is 0 Å². The van der Waals surface area contributed by atoms with Crippen LogP contribution < -0.4 is 0 Å². The zero-order valence-corrected chi connectivity index (χ0v) is 23.2. The van der Waals surface area contributed by atoms with E-state index in [9.17, 15) is 0 Å². The molecule has 0 fully saturated rings. The second-order valence-electron chi connectivity index (χ2n) is 8.72. The SMILES string of the molecule is C=C=O.CCOC(C)OCC.C[Si](C)(C)OC=C(O[Si](C)(C)C)O[Si](C)(C)C. The first-order chi connectivity index (χ1) is 12.5. The Kier molecular flexibility index (Phi) is 18.2. The fraction of sp³-hybridized carbons (Fsp3) is 0.789. The lowest BCUT2D eigenvalue weighted by Crippen LogP contribution is -2.32. The second kappa shape index (κ2) is 16.0. The van der Waals surface area contributed by atoms with Gasteiger partial charge in [-0.05, 0) is 86.3 Å². The zero-order valence-electron chi connectivity index (χ0n) is 20.2. The Morgan fingerprint density at radius 2 is 1.18 bits per heavy atom. The van der Waals surface area contributed by atoms with E-state index in [0.29, 0.717) is 5.95 Å². The van der Waals surface area contributed by atoms with Crippen LogP contribution in [-0.2, 0) is 27.5 Å². The fourth-order valence-corrected chi connectivity index (χ4v) is 3.33. The molecule has 0 aromatic rings. The van der Waals surface area contributed by atoms with Crippen LogP contribution in [0.3, 0.4) is 0 Å². The first-order valence-corrected chi connectivity index (χ1v) is 19.9. The summed E-state index contributed by atoms with van der Waals surface area (Å²) in [5, 5.41) is 0. The van der Waals surface area contributed by atoms with Crippen LogP contribution in [0.2, 0.25) is 58.9 Å². The standard InChI is InChI=1S/C11H28O3Si3.C6H14O2.C2H2O/c1-15(2,3)12-10-11(13-16(4,5)6)14-17(7,8)9;1-4-7-6(3)8-5-2;1-2-3/h10H,1-9H3;6H,4-5H2,1-3H3;1H2. The topological polar surface area (TPSA) is 63.2 Å². The number of rotatable bonds is 10. The van der Waals surface area contributed by atoms with E-state index in [4.69, 9.17) is 27.5 Å². The highest BCUT2D eigenvalue weighted by Gasteiger charge is 2.25. The van der Waals surface area contributed by atoms with Gasteiger partial charge in [-0.1, -0.05) is 0 Å². The maximum Gasteiger partial charge on any atom is 0.286 e. The monoisotopic (exact) mass is 452 g/mol. The van der Waals surface area contributed by atoms with Gasteiger partial charge in [0.1, 0.15) is 12.2 Å². The fourth-order valence-electron chi connectivity index (χ4n) is 1.41. The predicted molar refractivity (Wildman–Crippen MR) is 125 cm³/mol. The summed E-state index contributed by atoms with van der Waals surface area (Å²) in [6.07, 6.45) is 1.65. The molecule has 0 radical (unpaired) electrons.